The minimum atomic E-state index is -0.947. The maximum absolute atomic E-state index is 11.3. The Bertz CT molecular complexity index is 648. The van der Waals surface area contributed by atoms with E-state index in [2.05, 4.69) is 11.1 Å². The number of benzene rings is 1. The van der Waals surface area contributed by atoms with Gasteiger partial charge in [0.25, 0.3) is 0 Å². The Labute approximate surface area is 116 Å². The molecular formula is C15H16N2O3. The maximum Gasteiger partial charge on any atom is 0.354 e. The molecule has 5 heteroatoms. The Hall–Kier alpha value is -2.30. The van der Waals surface area contributed by atoms with E-state index in [9.17, 15) is 9.90 Å². The third-order valence-corrected chi connectivity index (χ3v) is 3.86. The zero-order valence-corrected chi connectivity index (χ0v) is 11.2. The van der Waals surface area contributed by atoms with Crippen molar-refractivity contribution in [1.29, 1.82) is 0 Å². The first-order chi connectivity index (χ1) is 9.70. The van der Waals surface area contributed by atoms with Crippen LogP contribution < -0.4 is 4.74 Å². The molecule has 1 aliphatic carbocycles. The molecule has 1 N–H and O–H groups in total. The van der Waals surface area contributed by atoms with E-state index in [0.29, 0.717) is 0 Å². The van der Waals surface area contributed by atoms with Crippen LogP contribution in [0.5, 0.6) is 5.75 Å². The molecule has 0 spiro atoms. The van der Waals surface area contributed by atoms with Gasteiger partial charge in [0.05, 0.1) is 25.7 Å². The molecular weight excluding hydrogens is 256 g/mol. The lowest BCUT2D eigenvalue weighted by Crippen LogP contribution is -2.20. The first-order valence-electron chi connectivity index (χ1n) is 6.62. The number of carbonyl (C=O) groups is 1. The molecule has 0 radical (unpaired) electrons. The van der Waals surface area contributed by atoms with Gasteiger partial charge >= 0.3 is 5.97 Å². The van der Waals surface area contributed by atoms with E-state index in [1.165, 1.54) is 11.8 Å². The highest BCUT2D eigenvalue weighted by molar-refractivity contribution is 5.85. The number of carboxylic acid groups (broad SMARTS) is 1. The van der Waals surface area contributed by atoms with Crippen molar-refractivity contribution in [3.8, 4) is 5.75 Å². The van der Waals surface area contributed by atoms with Crippen LogP contribution in [0.1, 0.15) is 40.5 Å². The van der Waals surface area contributed by atoms with Gasteiger partial charge in [-0.25, -0.2) is 9.78 Å². The van der Waals surface area contributed by atoms with Gasteiger partial charge in [0.1, 0.15) is 11.4 Å². The summed E-state index contributed by atoms with van der Waals surface area (Å²) in [7, 11) is 1.64. The second kappa shape index (κ2) is 5.00. The first-order valence-corrected chi connectivity index (χ1v) is 6.62. The van der Waals surface area contributed by atoms with Gasteiger partial charge in [0.2, 0.25) is 0 Å². The minimum absolute atomic E-state index is 0.0162. The number of methoxy groups -OCH3 is 1. The standard InChI is InChI=1S/C15H16N2O3/c1-20-11-6-5-10-3-2-4-13(12(10)7-11)17-9-16-8-14(17)15(18)19/h5-9,13H,2-4H2,1H3,(H,18,19). The predicted molar refractivity (Wildman–Crippen MR) is 73.3 cm³/mol. The summed E-state index contributed by atoms with van der Waals surface area (Å²) in [6.45, 7) is 0. The summed E-state index contributed by atoms with van der Waals surface area (Å²) in [6, 6.07) is 6.04. The molecule has 0 saturated heterocycles. The van der Waals surface area contributed by atoms with E-state index < -0.39 is 5.97 Å². The van der Waals surface area contributed by atoms with Gasteiger partial charge in [-0.15, -0.1) is 0 Å². The molecule has 1 aromatic carbocycles. The highest BCUT2D eigenvalue weighted by atomic mass is 16.5. The highest BCUT2D eigenvalue weighted by Gasteiger charge is 2.25. The molecule has 1 unspecified atom stereocenters. The Kier molecular flexibility index (Phi) is 3.18. The van der Waals surface area contributed by atoms with Gasteiger partial charge in [0.15, 0.2) is 0 Å². The summed E-state index contributed by atoms with van der Waals surface area (Å²) < 4.78 is 7.03. The summed E-state index contributed by atoms with van der Waals surface area (Å²) >= 11 is 0. The fourth-order valence-electron chi connectivity index (χ4n) is 2.89. The van der Waals surface area contributed by atoms with E-state index in [4.69, 9.17) is 4.74 Å². The molecule has 5 nitrogen and oxygen atoms in total. The van der Waals surface area contributed by atoms with Gasteiger partial charge in [0, 0.05) is 0 Å². The third kappa shape index (κ3) is 2.05. The molecule has 0 amide bonds. The number of carboxylic acids is 1. The van der Waals surface area contributed by atoms with Crippen LogP contribution in [0.4, 0.5) is 0 Å². The summed E-state index contributed by atoms with van der Waals surface area (Å²) in [6.07, 6.45) is 5.98. The fraction of sp³-hybridized carbons (Fsp3) is 0.333. The van der Waals surface area contributed by atoms with E-state index >= 15 is 0 Å². The van der Waals surface area contributed by atoms with Crippen molar-refractivity contribution in [3.63, 3.8) is 0 Å². The minimum Gasteiger partial charge on any atom is -0.497 e. The van der Waals surface area contributed by atoms with Gasteiger partial charge in [-0.2, -0.15) is 0 Å². The third-order valence-electron chi connectivity index (χ3n) is 3.86. The topological polar surface area (TPSA) is 64.4 Å². The van der Waals surface area contributed by atoms with Crippen LogP contribution >= 0.6 is 0 Å². The van der Waals surface area contributed by atoms with Crippen molar-refractivity contribution < 1.29 is 14.6 Å². The molecule has 1 atom stereocenters. The molecule has 3 rings (SSSR count). The smallest absolute Gasteiger partial charge is 0.354 e. The normalized spacial score (nSPS) is 17.6. The van der Waals surface area contributed by atoms with E-state index in [1.54, 1.807) is 18.0 Å². The second-order valence-electron chi connectivity index (χ2n) is 4.96. The molecule has 0 aliphatic heterocycles. The molecule has 2 aromatic rings. The zero-order valence-electron chi connectivity index (χ0n) is 11.2. The summed E-state index contributed by atoms with van der Waals surface area (Å²) in [5.41, 5.74) is 2.62. The lowest BCUT2D eigenvalue weighted by molar-refractivity contribution is 0.0683. The van der Waals surface area contributed by atoms with Crippen LogP contribution in [0.3, 0.4) is 0 Å². The average Bonchev–Trinajstić information content (AvgIpc) is 2.95. The van der Waals surface area contributed by atoms with Crippen molar-refractivity contribution >= 4 is 5.97 Å². The van der Waals surface area contributed by atoms with Crippen molar-refractivity contribution in [1.82, 2.24) is 9.55 Å². The van der Waals surface area contributed by atoms with Crippen molar-refractivity contribution in [2.45, 2.75) is 25.3 Å². The SMILES string of the molecule is COc1ccc2c(c1)C(n1cncc1C(=O)O)CCC2. The van der Waals surface area contributed by atoms with Gasteiger partial charge in [-0.05, 0) is 42.5 Å². The summed E-state index contributed by atoms with van der Waals surface area (Å²) in [4.78, 5) is 15.3. The van der Waals surface area contributed by atoms with Crippen LogP contribution in [-0.2, 0) is 6.42 Å². The molecule has 1 aliphatic rings. The number of rotatable bonds is 3. The Balaban J connectivity index is 2.09. The number of hydrogen-bond acceptors (Lipinski definition) is 3. The summed E-state index contributed by atoms with van der Waals surface area (Å²) in [5.74, 6) is -0.148. The largest absolute Gasteiger partial charge is 0.497 e. The zero-order chi connectivity index (χ0) is 14.1. The highest BCUT2D eigenvalue weighted by Crippen LogP contribution is 2.35. The van der Waals surface area contributed by atoms with Crippen molar-refractivity contribution in [2.24, 2.45) is 0 Å². The van der Waals surface area contributed by atoms with Gasteiger partial charge in [-0.3, -0.25) is 0 Å². The number of fused-ring (bicyclic) bond motifs is 1. The Morgan fingerprint density at radius 1 is 1.50 bits per heavy atom. The van der Waals surface area contributed by atoms with Gasteiger partial charge in [-0.1, -0.05) is 6.07 Å². The molecule has 0 bridgehead atoms. The quantitative estimate of drug-likeness (QED) is 0.932. The number of aromatic nitrogens is 2. The van der Waals surface area contributed by atoms with Crippen LogP contribution in [0.2, 0.25) is 0 Å². The summed E-state index contributed by atoms with van der Waals surface area (Å²) in [5, 5.41) is 9.25. The number of imidazole rings is 1. The maximum atomic E-state index is 11.3. The molecule has 1 heterocycles. The number of aromatic carboxylic acids is 1. The molecule has 1 aromatic heterocycles. The van der Waals surface area contributed by atoms with Crippen LogP contribution in [0.25, 0.3) is 0 Å². The Morgan fingerprint density at radius 2 is 2.35 bits per heavy atom. The number of nitrogens with zero attached hydrogens (tertiary/aromatic N) is 2. The van der Waals surface area contributed by atoms with Crippen LogP contribution in [0, 0.1) is 0 Å². The molecule has 20 heavy (non-hydrogen) atoms. The monoisotopic (exact) mass is 272 g/mol. The van der Waals surface area contributed by atoms with E-state index in [1.807, 2.05) is 12.1 Å². The van der Waals surface area contributed by atoms with E-state index in [-0.39, 0.29) is 11.7 Å². The van der Waals surface area contributed by atoms with Crippen LogP contribution in [0.15, 0.2) is 30.7 Å². The number of ether oxygens (including phenoxy) is 1. The number of aryl methyl sites for hydroxylation is 1. The van der Waals surface area contributed by atoms with Gasteiger partial charge < -0.3 is 14.4 Å². The first kappa shape index (κ1) is 12.7. The van der Waals surface area contributed by atoms with Crippen molar-refractivity contribution in [3.05, 3.63) is 47.5 Å². The second-order valence-corrected chi connectivity index (χ2v) is 4.96. The molecule has 104 valence electrons. The number of hydrogen-bond donors (Lipinski definition) is 1. The lowest BCUT2D eigenvalue weighted by Gasteiger charge is -2.27. The predicted octanol–water partition coefficient (Wildman–Crippen LogP) is 2.52. The van der Waals surface area contributed by atoms with E-state index in [0.717, 1.165) is 30.6 Å². The fourth-order valence-corrected chi connectivity index (χ4v) is 2.89. The average molecular weight is 272 g/mol. The van der Waals surface area contributed by atoms with Crippen molar-refractivity contribution in [2.75, 3.05) is 7.11 Å². The lowest BCUT2D eigenvalue weighted by atomic mass is 9.87. The van der Waals surface area contributed by atoms with Crippen LogP contribution in [-0.4, -0.2) is 27.7 Å². The molecule has 0 saturated carbocycles. The Morgan fingerprint density at radius 3 is 3.10 bits per heavy atom. The molecule has 0 fully saturated rings.